The monoisotopic (exact) mass is 373 g/mol. The van der Waals surface area contributed by atoms with E-state index in [0.717, 1.165) is 15.7 Å². The normalized spacial score (nSPS) is 16.8. The maximum absolute atomic E-state index is 4.13. The number of aromatic nitrogens is 4. The van der Waals surface area contributed by atoms with Crippen LogP contribution in [0, 0.1) is 6.92 Å². The Morgan fingerprint density at radius 1 is 1.32 bits per heavy atom. The zero-order valence-corrected chi connectivity index (χ0v) is 14.1. The lowest BCUT2D eigenvalue weighted by Gasteiger charge is -2.23. The molecule has 1 N–H and O–H groups in total. The molecule has 0 amide bonds. The average Bonchev–Trinajstić information content (AvgIpc) is 3.14. The Labute approximate surface area is 139 Å². The second kappa shape index (κ2) is 5.33. The summed E-state index contributed by atoms with van der Waals surface area (Å²) in [6.07, 6.45) is 2.17. The van der Waals surface area contributed by atoms with E-state index in [2.05, 4.69) is 73.4 Å². The molecule has 7 heteroatoms. The van der Waals surface area contributed by atoms with Crippen LogP contribution in [0.2, 0.25) is 0 Å². The summed E-state index contributed by atoms with van der Waals surface area (Å²) in [7, 11) is 0. The van der Waals surface area contributed by atoms with Crippen molar-refractivity contribution in [2.24, 2.45) is 0 Å². The molecule has 0 saturated carbocycles. The topological polar surface area (TPSA) is 55.6 Å². The highest BCUT2D eigenvalue weighted by atomic mass is 79.9. The standard InChI is InChI=1S/C15H12BrN5S/c1-9-5-6-22-14(9)13-8-12(10-3-2-4-11(16)7-10)17-15-18-19-20-21(13)15/h2-8,13H,1H3,(H,17,18,20). The minimum Gasteiger partial charge on any atom is -0.323 e. The molecule has 5 nitrogen and oxygen atoms in total. The number of halogens is 1. The van der Waals surface area contributed by atoms with E-state index < -0.39 is 0 Å². The summed E-state index contributed by atoms with van der Waals surface area (Å²) in [5.74, 6) is 0.662. The van der Waals surface area contributed by atoms with E-state index in [0.29, 0.717) is 5.95 Å². The van der Waals surface area contributed by atoms with Crippen LogP contribution in [-0.2, 0) is 0 Å². The molecule has 0 aliphatic carbocycles. The van der Waals surface area contributed by atoms with Crippen molar-refractivity contribution in [2.45, 2.75) is 13.0 Å². The van der Waals surface area contributed by atoms with Crippen LogP contribution in [0.4, 0.5) is 5.95 Å². The third-order valence-electron chi connectivity index (χ3n) is 3.63. The molecule has 0 fully saturated rings. The lowest BCUT2D eigenvalue weighted by molar-refractivity contribution is 0.591. The Balaban J connectivity index is 1.84. The predicted octanol–water partition coefficient (Wildman–Crippen LogP) is 3.86. The summed E-state index contributed by atoms with van der Waals surface area (Å²) in [6, 6.07) is 10.3. The van der Waals surface area contributed by atoms with Crippen molar-refractivity contribution in [1.29, 1.82) is 0 Å². The molecule has 0 bridgehead atoms. The molecular formula is C15H12BrN5S. The van der Waals surface area contributed by atoms with Crippen molar-refractivity contribution in [3.05, 3.63) is 62.3 Å². The summed E-state index contributed by atoms with van der Waals surface area (Å²) < 4.78 is 2.86. The molecule has 1 aliphatic heterocycles. The first-order chi connectivity index (χ1) is 10.7. The smallest absolute Gasteiger partial charge is 0.248 e. The van der Waals surface area contributed by atoms with Gasteiger partial charge in [0.15, 0.2) is 0 Å². The quantitative estimate of drug-likeness (QED) is 0.740. The third kappa shape index (κ3) is 2.26. The van der Waals surface area contributed by atoms with Crippen LogP contribution < -0.4 is 5.32 Å². The number of thiophene rings is 1. The zero-order valence-electron chi connectivity index (χ0n) is 11.7. The Morgan fingerprint density at radius 3 is 3.00 bits per heavy atom. The number of allylic oxidation sites excluding steroid dienone is 1. The van der Waals surface area contributed by atoms with E-state index in [9.17, 15) is 0 Å². The molecule has 1 unspecified atom stereocenters. The molecule has 2 aromatic heterocycles. The average molecular weight is 374 g/mol. The van der Waals surface area contributed by atoms with Gasteiger partial charge in [-0.1, -0.05) is 33.2 Å². The molecule has 0 radical (unpaired) electrons. The number of nitrogens with zero attached hydrogens (tertiary/aromatic N) is 4. The van der Waals surface area contributed by atoms with Crippen molar-refractivity contribution in [2.75, 3.05) is 5.32 Å². The molecular weight excluding hydrogens is 362 g/mol. The van der Waals surface area contributed by atoms with Gasteiger partial charge in [0.1, 0.15) is 6.04 Å². The second-order valence-corrected chi connectivity index (χ2v) is 6.94. The van der Waals surface area contributed by atoms with E-state index in [1.807, 2.05) is 16.8 Å². The van der Waals surface area contributed by atoms with Gasteiger partial charge < -0.3 is 5.32 Å². The highest BCUT2D eigenvalue weighted by molar-refractivity contribution is 9.10. The van der Waals surface area contributed by atoms with Gasteiger partial charge in [-0.3, -0.25) is 0 Å². The molecule has 1 aliphatic rings. The minimum atomic E-state index is 0.0141. The van der Waals surface area contributed by atoms with Crippen molar-refractivity contribution in [1.82, 2.24) is 20.2 Å². The fourth-order valence-corrected chi connectivity index (χ4v) is 3.93. The number of hydrogen-bond acceptors (Lipinski definition) is 5. The molecule has 3 aromatic rings. The van der Waals surface area contributed by atoms with Crippen molar-refractivity contribution < 1.29 is 0 Å². The van der Waals surface area contributed by atoms with Gasteiger partial charge in [0.25, 0.3) is 0 Å². The van der Waals surface area contributed by atoms with Gasteiger partial charge in [-0.05, 0) is 58.1 Å². The predicted molar refractivity (Wildman–Crippen MR) is 90.8 cm³/mol. The van der Waals surface area contributed by atoms with Crippen LogP contribution in [0.15, 0.2) is 46.3 Å². The van der Waals surface area contributed by atoms with E-state index in [1.54, 1.807) is 11.3 Å². The van der Waals surface area contributed by atoms with Gasteiger partial charge in [-0.25, -0.2) is 0 Å². The zero-order chi connectivity index (χ0) is 15.1. The molecule has 4 rings (SSSR count). The molecule has 110 valence electrons. The first-order valence-electron chi connectivity index (χ1n) is 6.79. The molecule has 3 heterocycles. The van der Waals surface area contributed by atoms with Crippen molar-refractivity contribution >= 4 is 38.9 Å². The molecule has 1 aromatic carbocycles. The maximum atomic E-state index is 4.13. The summed E-state index contributed by atoms with van der Waals surface area (Å²) in [6.45, 7) is 2.12. The first kappa shape index (κ1) is 13.7. The van der Waals surface area contributed by atoms with Crippen LogP contribution >= 0.6 is 27.3 Å². The summed E-state index contributed by atoms with van der Waals surface area (Å²) in [5.41, 5.74) is 3.37. The van der Waals surface area contributed by atoms with E-state index in [-0.39, 0.29) is 6.04 Å². The van der Waals surface area contributed by atoms with Gasteiger partial charge in [0.2, 0.25) is 5.95 Å². The van der Waals surface area contributed by atoms with Crippen LogP contribution in [0.3, 0.4) is 0 Å². The van der Waals surface area contributed by atoms with E-state index >= 15 is 0 Å². The second-order valence-electron chi connectivity index (χ2n) is 5.08. The largest absolute Gasteiger partial charge is 0.323 e. The number of tetrazole rings is 1. The molecule has 1 atom stereocenters. The van der Waals surface area contributed by atoms with Crippen LogP contribution in [-0.4, -0.2) is 20.2 Å². The van der Waals surface area contributed by atoms with Crippen LogP contribution in [0.25, 0.3) is 5.70 Å². The van der Waals surface area contributed by atoms with Gasteiger partial charge in [0, 0.05) is 15.0 Å². The Kier molecular flexibility index (Phi) is 3.31. The van der Waals surface area contributed by atoms with Gasteiger partial charge in [-0.15, -0.1) is 11.3 Å². The van der Waals surface area contributed by atoms with Crippen molar-refractivity contribution in [3.8, 4) is 0 Å². The lowest BCUT2D eigenvalue weighted by Crippen LogP contribution is -2.20. The fraction of sp³-hybridized carbons (Fsp3) is 0.133. The van der Waals surface area contributed by atoms with Crippen LogP contribution in [0.1, 0.15) is 22.0 Å². The minimum absolute atomic E-state index is 0.0141. The highest BCUT2D eigenvalue weighted by Crippen LogP contribution is 2.35. The third-order valence-corrected chi connectivity index (χ3v) is 5.22. The number of rotatable bonds is 2. The van der Waals surface area contributed by atoms with Crippen LogP contribution in [0.5, 0.6) is 0 Å². The lowest BCUT2D eigenvalue weighted by atomic mass is 10.1. The van der Waals surface area contributed by atoms with Gasteiger partial charge in [-0.2, -0.15) is 4.68 Å². The Hall–Kier alpha value is -1.99. The Bertz CT molecular complexity index is 866. The number of anilines is 1. The number of aryl methyl sites for hydroxylation is 1. The molecule has 0 saturated heterocycles. The van der Waals surface area contributed by atoms with Gasteiger partial charge in [0.05, 0.1) is 0 Å². The highest BCUT2D eigenvalue weighted by Gasteiger charge is 2.26. The molecule has 22 heavy (non-hydrogen) atoms. The fourth-order valence-electron chi connectivity index (χ4n) is 2.55. The number of benzene rings is 1. The Morgan fingerprint density at radius 2 is 2.23 bits per heavy atom. The number of fused-ring (bicyclic) bond motifs is 1. The summed E-state index contributed by atoms with van der Waals surface area (Å²) >= 11 is 5.25. The van der Waals surface area contributed by atoms with Gasteiger partial charge >= 0.3 is 0 Å². The summed E-state index contributed by atoms with van der Waals surface area (Å²) in [5, 5.41) is 17.4. The maximum Gasteiger partial charge on any atom is 0.248 e. The first-order valence-corrected chi connectivity index (χ1v) is 8.46. The number of hydrogen-bond donors (Lipinski definition) is 1. The SMILES string of the molecule is Cc1ccsc1C1C=C(c2cccc(Br)c2)Nc2nnnn21. The summed E-state index contributed by atoms with van der Waals surface area (Å²) in [4.78, 5) is 1.25. The van der Waals surface area contributed by atoms with E-state index in [1.165, 1.54) is 10.4 Å². The molecule has 0 spiro atoms. The van der Waals surface area contributed by atoms with Crippen molar-refractivity contribution in [3.63, 3.8) is 0 Å². The van der Waals surface area contributed by atoms with E-state index in [4.69, 9.17) is 0 Å². The number of nitrogens with one attached hydrogen (secondary N) is 1.